The van der Waals surface area contributed by atoms with Crippen molar-refractivity contribution in [2.75, 3.05) is 11.5 Å². The van der Waals surface area contributed by atoms with Crippen LogP contribution in [-0.4, -0.2) is 18.9 Å². The Kier molecular flexibility index (Phi) is 2.82. The third-order valence-corrected chi connectivity index (χ3v) is 1.76. The predicted molar refractivity (Wildman–Crippen MR) is 52.2 cm³/mol. The molecule has 1 rings (SSSR count). The summed E-state index contributed by atoms with van der Waals surface area (Å²) in [5.74, 6) is -1.25. The maximum atomic E-state index is 11.1. The lowest BCUT2D eigenvalue weighted by atomic mass is 10.2. The lowest BCUT2D eigenvalue weighted by Gasteiger charge is -2.02. The molecule has 0 aliphatic heterocycles. The van der Waals surface area contributed by atoms with Gasteiger partial charge in [0.05, 0.1) is 5.56 Å². The molecule has 0 heterocycles. The predicted octanol–water partition coefficient (Wildman–Crippen LogP) is -0.189. The number of nitrogen functional groups attached to an aromatic ring is 2. The topological polar surface area (TPSA) is 133 Å². The number of hydrogen-bond donors (Lipinski definition) is 3. The van der Waals surface area contributed by atoms with E-state index < -0.39 is 16.4 Å². The zero-order valence-corrected chi connectivity index (χ0v) is 8.19. The van der Waals surface area contributed by atoms with Gasteiger partial charge in [0.1, 0.15) is 0 Å². The van der Waals surface area contributed by atoms with E-state index in [2.05, 4.69) is 4.18 Å². The molecule has 0 unspecified atom stereocenters. The van der Waals surface area contributed by atoms with Crippen LogP contribution in [0.1, 0.15) is 10.4 Å². The van der Waals surface area contributed by atoms with Gasteiger partial charge >= 0.3 is 16.4 Å². The van der Waals surface area contributed by atoms with Gasteiger partial charge < -0.3 is 15.7 Å². The molecule has 15 heavy (non-hydrogen) atoms. The standard InChI is InChI=1S/C7H8N2O5S/c8-5-1-4(2-6(9)3-5)7(10)14-15(11,12)13/h1-3H,8-9H2,(H,11,12,13). The van der Waals surface area contributed by atoms with Gasteiger partial charge in [-0.15, -0.1) is 0 Å². The van der Waals surface area contributed by atoms with E-state index in [1.54, 1.807) is 0 Å². The van der Waals surface area contributed by atoms with Crippen LogP contribution in [0.5, 0.6) is 0 Å². The second-order valence-corrected chi connectivity index (χ2v) is 3.71. The van der Waals surface area contributed by atoms with Crippen molar-refractivity contribution in [2.45, 2.75) is 0 Å². The van der Waals surface area contributed by atoms with Crippen LogP contribution in [0.15, 0.2) is 18.2 Å². The highest BCUT2D eigenvalue weighted by molar-refractivity contribution is 7.81. The zero-order chi connectivity index (χ0) is 11.6. The van der Waals surface area contributed by atoms with Gasteiger partial charge in [-0.25, -0.2) is 4.79 Å². The summed E-state index contributed by atoms with van der Waals surface area (Å²) in [6.45, 7) is 0. The molecular weight excluding hydrogens is 224 g/mol. The second-order valence-electron chi connectivity index (χ2n) is 2.69. The van der Waals surface area contributed by atoms with Crippen LogP contribution in [-0.2, 0) is 14.6 Å². The maximum Gasteiger partial charge on any atom is 0.449 e. The van der Waals surface area contributed by atoms with E-state index in [1.807, 2.05) is 0 Å². The molecule has 7 nitrogen and oxygen atoms in total. The van der Waals surface area contributed by atoms with Crippen molar-refractivity contribution in [3.8, 4) is 0 Å². The minimum absolute atomic E-state index is 0.162. The molecule has 0 aliphatic rings. The smallest absolute Gasteiger partial charge is 0.399 e. The van der Waals surface area contributed by atoms with Crippen molar-refractivity contribution in [1.29, 1.82) is 0 Å². The van der Waals surface area contributed by atoms with Gasteiger partial charge in [0.15, 0.2) is 0 Å². The van der Waals surface area contributed by atoms with E-state index in [9.17, 15) is 13.2 Å². The van der Waals surface area contributed by atoms with Gasteiger partial charge in [-0.2, -0.15) is 8.42 Å². The summed E-state index contributed by atoms with van der Waals surface area (Å²) >= 11 is 0. The maximum absolute atomic E-state index is 11.1. The van der Waals surface area contributed by atoms with Crippen molar-refractivity contribution in [3.05, 3.63) is 23.8 Å². The number of anilines is 2. The van der Waals surface area contributed by atoms with E-state index in [0.29, 0.717) is 0 Å². The largest absolute Gasteiger partial charge is 0.449 e. The summed E-state index contributed by atoms with van der Waals surface area (Å²) in [6, 6.07) is 3.72. The molecule has 0 fully saturated rings. The summed E-state index contributed by atoms with van der Waals surface area (Å²) < 4.78 is 32.4. The van der Waals surface area contributed by atoms with Crippen molar-refractivity contribution in [2.24, 2.45) is 0 Å². The Labute approximate surface area is 85.6 Å². The van der Waals surface area contributed by atoms with Crippen molar-refractivity contribution in [3.63, 3.8) is 0 Å². The lowest BCUT2D eigenvalue weighted by Crippen LogP contribution is -2.12. The van der Waals surface area contributed by atoms with Gasteiger partial charge in [0.2, 0.25) is 0 Å². The minimum Gasteiger partial charge on any atom is -0.399 e. The van der Waals surface area contributed by atoms with Crippen molar-refractivity contribution < 1.29 is 21.9 Å². The summed E-state index contributed by atoms with van der Waals surface area (Å²) in [7, 11) is -4.83. The highest BCUT2D eigenvalue weighted by atomic mass is 32.3. The van der Waals surface area contributed by atoms with Crippen LogP contribution in [0.25, 0.3) is 0 Å². The Balaban J connectivity index is 3.02. The van der Waals surface area contributed by atoms with Crippen LogP contribution in [0, 0.1) is 0 Å². The van der Waals surface area contributed by atoms with Crippen LogP contribution in [0.3, 0.4) is 0 Å². The molecule has 82 valence electrons. The molecule has 0 aromatic heterocycles. The molecule has 0 amide bonds. The average molecular weight is 232 g/mol. The van der Waals surface area contributed by atoms with Crippen LogP contribution in [0.4, 0.5) is 11.4 Å². The Hall–Kier alpha value is -1.80. The number of carbonyl (C=O) groups excluding carboxylic acids is 1. The van der Waals surface area contributed by atoms with Crippen LogP contribution in [0.2, 0.25) is 0 Å². The first kappa shape index (κ1) is 11.3. The summed E-state index contributed by atoms with van der Waals surface area (Å²) in [5.41, 5.74) is 10.9. The molecule has 0 spiro atoms. The summed E-state index contributed by atoms with van der Waals surface area (Å²) in [5, 5.41) is 0. The number of carbonyl (C=O) groups is 1. The highest BCUT2D eigenvalue weighted by Gasteiger charge is 2.16. The van der Waals surface area contributed by atoms with E-state index >= 15 is 0 Å². The number of nitrogens with two attached hydrogens (primary N) is 2. The zero-order valence-electron chi connectivity index (χ0n) is 7.38. The average Bonchev–Trinajstić information content (AvgIpc) is 1.98. The molecule has 0 saturated heterocycles. The SMILES string of the molecule is Nc1cc(N)cc(C(=O)OS(=O)(=O)O)c1. The molecule has 8 heteroatoms. The van der Waals surface area contributed by atoms with E-state index in [4.69, 9.17) is 16.0 Å². The van der Waals surface area contributed by atoms with E-state index in [1.165, 1.54) is 18.2 Å². The first-order valence-corrected chi connectivity index (χ1v) is 5.02. The van der Waals surface area contributed by atoms with Gasteiger partial charge in [-0.1, -0.05) is 0 Å². The van der Waals surface area contributed by atoms with Crippen molar-refractivity contribution >= 4 is 27.7 Å². The van der Waals surface area contributed by atoms with E-state index in [-0.39, 0.29) is 16.9 Å². The summed E-state index contributed by atoms with van der Waals surface area (Å²) in [6.07, 6.45) is 0. The minimum atomic E-state index is -4.83. The number of rotatable bonds is 2. The molecule has 0 bridgehead atoms. The molecule has 0 aliphatic carbocycles. The third-order valence-electron chi connectivity index (χ3n) is 1.39. The first-order valence-electron chi connectivity index (χ1n) is 3.65. The molecule has 0 atom stereocenters. The Bertz CT molecular complexity index is 476. The highest BCUT2D eigenvalue weighted by Crippen LogP contribution is 2.14. The van der Waals surface area contributed by atoms with Gasteiger partial charge in [0, 0.05) is 11.4 Å². The molecule has 1 aromatic carbocycles. The second kappa shape index (κ2) is 3.75. The van der Waals surface area contributed by atoms with E-state index in [0.717, 1.165) is 0 Å². The normalized spacial score (nSPS) is 11.0. The Morgan fingerprint density at radius 1 is 1.20 bits per heavy atom. The Morgan fingerprint density at radius 2 is 1.67 bits per heavy atom. The fourth-order valence-corrected chi connectivity index (χ4v) is 1.23. The number of benzene rings is 1. The van der Waals surface area contributed by atoms with Crippen molar-refractivity contribution in [1.82, 2.24) is 0 Å². The fourth-order valence-electron chi connectivity index (χ4n) is 0.938. The van der Waals surface area contributed by atoms with Crippen LogP contribution >= 0.6 is 0 Å². The third kappa shape index (κ3) is 3.44. The van der Waals surface area contributed by atoms with Gasteiger partial charge in [-0.3, -0.25) is 4.55 Å². The quantitative estimate of drug-likeness (QED) is 0.475. The van der Waals surface area contributed by atoms with Crippen LogP contribution < -0.4 is 11.5 Å². The molecular formula is C7H8N2O5S. The fraction of sp³-hybridized carbons (Fsp3) is 0. The first-order chi connectivity index (χ1) is 6.78. The lowest BCUT2D eigenvalue weighted by molar-refractivity contribution is 0.0727. The monoisotopic (exact) mass is 232 g/mol. The number of hydrogen-bond acceptors (Lipinski definition) is 6. The summed E-state index contributed by atoms with van der Waals surface area (Å²) in [4.78, 5) is 11.1. The van der Waals surface area contributed by atoms with Gasteiger partial charge in [-0.05, 0) is 18.2 Å². The molecule has 0 saturated carbocycles. The molecule has 5 N–H and O–H groups in total. The van der Waals surface area contributed by atoms with Gasteiger partial charge in [0.25, 0.3) is 0 Å². The molecule has 1 aromatic rings. The Morgan fingerprint density at radius 3 is 2.07 bits per heavy atom. The molecule has 0 radical (unpaired) electrons.